The predicted octanol–water partition coefficient (Wildman–Crippen LogP) is 2.89. The number of aromatic hydroxyl groups is 1. The highest BCUT2D eigenvalue weighted by Crippen LogP contribution is 2.31. The number of benzene rings is 1. The molecule has 1 aromatic carbocycles. The molecule has 0 radical (unpaired) electrons. The van der Waals surface area contributed by atoms with E-state index in [4.69, 9.17) is 9.47 Å². The summed E-state index contributed by atoms with van der Waals surface area (Å²) in [6, 6.07) is 2.03. The van der Waals surface area contributed by atoms with Crippen molar-refractivity contribution in [3.63, 3.8) is 0 Å². The molecule has 18 heavy (non-hydrogen) atoms. The van der Waals surface area contributed by atoms with Crippen molar-refractivity contribution in [2.24, 2.45) is 0 Å². The molecule has 1 amide bonds. The Morgan fingerprint density at radius 3 is 2.50 bits per heavy atom. The molecule has 0 atom stereocenters. The first kappa shape index (κ1) is 14.1. The van der Waals surface area contributed by atoms with Gasteiger partial charge in [0, 0.05) is 12.1 Å². The van der Waals surface area contributed by atoms with Crippen LogP contribution in [0, 0.1) is 5.82 Å². The first-order valence-electron chi connectivity index (χ1n) is 5.29. The summed E-state index contributed by atoms with van der Waals surface area (Å²) >= 11 is 0. The van der Waals surface area contributed by atoms with E-state index in [2.05, 4.69) is 5.32 Å². The molecule has 0 saturated heterocycles. The molecule has 0 bridgehead atoms. The van der Waals surface area contributed by atoms with Crippen LogP contribution in [0.15, 0.2) is 12.1 Å². The molecule has 0 saturated carbocycles. The number of hydrogen-bond acceptors (Lipinski definition) is 4. The van der Waals surface area contributed by atoms with Crippen molar-refractivity contribution in [1.82, 2.24) is 0 Å². The van der Waals surface area contributed by atoms with Crippen molar-refractivity contribution < 1.29 is 23.8 Å². The van der Waals surface area contributed by atoms with Gasteiger partial charge in [0.2, 0.25) is 0 Å². The number of halogens is 1. The fourth-order valence-corrected chi connectivity index (χ4v) is 1.22. The number of anilines is 1. The number of carbonyl (C=O) groups is 1. The molecule has 6 heteroatoms. The molecule has 0 aliphatic carbocycles. The van der Waals surface area contributed by atoms with Gasteiger partial charge in [0.1, 0.15) is 5.60 Å². The maximum absolute atomic E-state index is 13.5. The van der Waals surface area contributed by atoms with E-state index in [9.17, 15) is 14.3 Å². The number of amides is 1. The largest absolute Gasteiger partial charge is 0.504 e. The number of methoxy groups -OCH3 is 1. The summed E-state index contributed by atoms with van der Waals surface area (Å²) in [5, 5.41) is 11.7. The van der Waals surface area contributed by atoms with Crippen molar-refractivity contribution in [2.75, 3.05) is 12.4 Å². The van der Waals surface area contributed by atoms with Gasteiger partial charge in [0.05, 0.1) is 12.8 Å². The molecule has 0 fully saturated rings. The molecule has 0 aliphatic rings. The smallest absolute Gasteiger partial charge is 0.412 e. The lowest BCUT2D eigenvalue weighted by molar-refractivity contribution is 0.0635. The van der Waals surface area contributed by atoms with E-state index >= 15 is 0 Å². The number of hydrogen-bond donors (Lipinski definition) is 2. The Morgan fingerprint density at radius 1 is 1.39 bits per heavy atom. The van der Waals surface area contributed by atoms with Crippen LogP contribution < -0.4 is 10.1 Å². The summed E-state index contributed by atoms with van der Waals surface area (Å²) in [6.45, 7) is 5.07. The van der Waals surface area contributed by atoms with Crippen LogP contribution >= 0.6 is 0 Å². The molecule has 1 rings (SSSR count). The summed E-state index contributed by atoms with van der Waals surface area (Å²) in [5.74, 6) is -1.01. The van der Waals surface area contributed by atoms with E-state index < -0.39 is 17.5 Å². The molecule has 5 nitrogen and oxygen atoms in total. The van der Waals surface area contributed by atoms with Crippen LogP contribution in [0.1, 0.15) is 20.8 Å². The first-order valence-corrected chi connectivity index (χ1v) is 5.29. The van der Waals surface area contributed by atoms with Gasteiger partial charge in [-0.1, -0.05) is 0 Å². The van der Waals surface area contributed by atoms with Gasteiger partial charge in [-0.25, -0.2) is 9.18 Å². The molecule has 0 aromatic heterocycles. The van der Waals surface area contributed by atoms with E-state index in [0.717, 1.165) is 12.1 Å². The highest BCUT2D eigenvalue weighted by Gasteiger charge is 2.18. The Balaban J connectivity index is 2.86. The third-order valence-electron chi connectivity index (χ3n) is 1.90. The normalized spacial score (nSPS) is 10.9. The Kier molecular flexibility index (Phi) is 4.00. The number of phenolic OH excluding ortho intramolecular Hbond substituents is 1. The molecule has 0 heterocycles. The fourth-order valence-electron chi connectivity index (χ4n) is 1.22. The number of rotatable bonds is 2. The van der Waals surface area contributed by atoms with Gasteiger partial charge in [-0.2, -0.15) is 0 Å². The minimum atomic E-state index is -0.800. The highest BCUT2D eigenvalue weighted by molar-refractivity contribution is 5.85. The standard InChI is InChI=1S/C12H16FNO4/c1-12(2,3)18-11(16)14-8-6-9(15)10(17-4)5-7(8)13/h5-6,15H,1-4H3,(H,14,16). The van der Waals surface area contributed by atoms with Gasteiger partial charge < -0.3 is 14.6 Å². The van der Waals surface area contributed by atoms with Crippen LogP contribution in [0.25, 0.3) is 0 Å². The third-order valence-corrected chi connectivity index (χ3v) is 1.90. The maximum atomic E-state index is 13.5. The molecule has 0 aliphatic heterocycles. The van der Waals surface area contributed by atoms with Crippen molar-refractivity contribution in [2.45, 2.75) is 26.4 Å². The zero-order valence-corrected chi connectivity index (χ0v) is 10.7. The Hall–Kier alpha value is -1.98. The lowest BCUT2D eigenvalue weighted by atomic mass is 10.2. The number of nitrogens with one attached hydrogen (secondary N) is 1. The monoisotopic (exact) mass is 257 g/mol. The molecular weight excluding hydrogens is 241 g/mol. The minimum Gasteiger partial charge on any atom is -0.504 e. The van der Waals surface area contributed by atoms with E-state index in [0.29, 0.717) is 0 Å². The summed E-state index contributed by atoms with van der Waals surface area (Å²) < 4.78 is 23.2. The van der Waals surface area contributed by atoms with E-state index in [1.165, 1.54) is 7.11 Å². The van der Waals surface area contributed by atoms with Gasteiger partial charge in [-0.3, -0.25) is 5.32 Å². The summed E-state index contributed by atoms with van der Waals surface area (Å²) in [5.41, 5.74) is -0.864. The predicted molar refractivity (Wildman–Crippen MR) is 64.5 cm³/mol. The average Bonchev–Trinajstić information content (AvgIpc) is 2.20. The molecule has 0 spiro atoms. The topological polar surface area (TPSA) is 67.8 Å². The molecule has 100 valence electrons. The van der Waals surface area contributed by atoms with Crippen LogP contribution in [-0.2, 0) is 4.74 Å². The highest BCUT2D eigenvalue weighted by atomic mass is 19.1. The second-order valence-corrected chi connectivity index (χ2v) is 4.63. The van der Waals surface area contributed by atoms with Gasteiger partial charge in [0.25, 0.3) is 0 Å². The Labute approximate surface area is 105 Å². The van der Waals surface area contributed by atoms with E-state index in [1.807, 2.05) is 0 Å². The Bertz CT molecular complexity index is 454. The summed E-state index contributed by atoms with van der Waals surface area (Å²) in [7, 11) is 1.30. The Morgan fingerprint density at radius 2 is 2.00 bits per heavy atom. The van der Waals surface area contributed by atoms with Crippen molar-refractivity contribution in [3.05, 3.63) is 17.9 Å². The lowest BCUT2D eigenvalue weighted by Crippen LogP contribution is -2.27. The van der Waals surface area contributed by atoms with Gasteiger partial charge in [-0.15, -0.1) is 0 Å². The first-order chi connectivity index (χ1) is 8.23. The number of ether oxygens (including phenoxy) is 2. The van der Waals surface area contributed by atoms with E-state index in [1.54, 1.807) is 20.8 Å². The zero-order valence-electron chi connectivity index (χ0n) is 10.7. The van der Waals surface area contributed by atoms with Crippen LogP contribution in [0.2, 0.25) is 0 Å². The average molecular weight is 257 g/mol. The molecule has 1 aromatic rings. The fraction of sp³-hybridized carbons (Fsp3) is 0.417. The maximum Gasteiger partial charge on any atom is 0.412 e. The van der Waals surface area contributed by atoms with Crippen LogP contribution in [0.3, 0.4) is 0 Å². The van der Waals surface area contributed by atoms with Gasteiger partial charge in [-0.05, 0) is 20.8 Å². The molecule has 0 unspecified atom stereocenters. The zero-order chi connectivity index (χ0) is 13.9. The molecular formula is C12H16FNO4. The number of carbonyl (C=O) groups excluding carboxylic acids is 1. The van der Waals surface area contributed by atoms with E-state index in [-0.39, 0.29) is 17.2 Å². The van der Waals surface area contributed by atoms with Crippen LogP contribution in [0.5, 0.6) is 11.5 Å². The second kappa shape index (κ2) is 5.12. The van der Waals surface area contributed by atoms with Crippen LogP contribution in [0.4, 0.5) is 14.9 Å². The van der Waals surface area contributed by atoms with Crippen molar-refractivity contribution in [3.8, 4) is 11.5 Å². The quantitative estimate of drug-likeness (QED) is 0.854. The van der Waals surface area contributed by atoms with Crippen molar-refractivity contribution in [1.29, 1.82) is 0 Å². The van der Waals surface area contributed by atoms with Gasteiger partial charge in [0.15, 0.2) is 17.3 Å². The van der Waals surface area contributed by atoms with Gasteiger partial charge >= 0.3 is 6.09 Å². The number of phenols is 1. The summed E-state index contributed by atoms with van der Waals surface area (Å²) in [4.78, 5) is 11.4. The van der Waals surface area contributed by atoms with Crippen molar-refractivity contribution >= 4 is 11.8 Å². The summed E-state index contributed by atoms with van der Waals surface area (Å²) in [6.07, 6.45) is -0.800. The SMILES string of the molecule is COc1cc(F)c(NC(=O)OC(C)(C)C)cc1O. The lowest BCUT2D eigenvalue weighted by Gasteiger charge is -2.20. The second-order valence-electron chi connectivity index (χ2n) is 4.63. The third kappa shape index (κ3) is 3.80. The molecule has 2 N–H and O–H groups in total. The minimum absolute atomic E-state index is 0.0118. The van der Waals surface area contributed by atoms with Crippen LogP contribution in [-0.4, -0.2) is 23.9 Å².